The van der Waals surface area contributed by atoms with Gasteiger partial charge in [0, 0.05) is 14.1 Å². The van der Waals surface area contributed by atoms with Crippen LogP contribution in [-0.2, 0) is 14.1 Å². The quantitative estimate of drug-likeness (QED) is 0.620. The molecule has 2 aromatic heterocycles. The topological polar surface area (TPSA) is 79.0 Å². The van der Waals surface area contributed by atoms with Crippen LogP contribution in [0.1, 0.15) is 0 Å². The predicted octanol–water partition coefficient (Wildman–Crippen LogP) is -0.964. The summed E-state index contributed by atoms with van der Waals surface area (Å²) in [5, 5.41) is 0. The van der Waals surface area contributed by atoms with Gasteiger partial charge < -0.3 is 4.74 Å². The SMILES string of the molecule is COc1cnc2c(=O)n(C)c(=O)n(C)c2n1. The lowest BCUT2D eigenvalue weighted by atomic mass is 10.5. The lowest BCUT2D eigenvalue weighted by Crippen LogP contribution is -2.37. The van der Waals surface area contributed by atoms with Gasteiger partial charge in [0.05, 0.1) is 13.3 Å². The van der Waals surface area contributed by atoms with Crippen molar-refractivity contribution >= 4 is 11.2 Å². The summed E-state index contributed by atoms with van der Waals surface area (Å²) in [6.07, 6.45) is 1.34. The second-order valence-corrected chi connectivity index (χ2v) is 3.29. The Balaban J connectivity index is 3.03. The van der Waals surface area contributed by atoms with Crippen LogP contribution in [0.5, 0.6) is 5.88 Å². The Labute approximate surface area is 89.9 Å². The van der Waals surface area contributed by atoms with Crippen LogP contribution in [0.3, 0.4) is 0 Å². The molecule has 0 radical (unpaired) electrons. The van der Waals surface area contributed by atoms with E-state index in [1.807, 2.05) is 0 Å². The molecule has 0 aromatic carbocycles. The number of aromatic nitrogens is 4. The number of hydrogen-bond acceptors (Lipinski definition) is 5. The number of methoxy groups -OCH3 is 1. The zero-order chi connectivity index (χ0) is 11.9. The molecule has 0 aliphatic carbocycles. The molecule has 0 amide bonds. The highest BCUT2D eigenvalue weighted by Gasteiger charge is 2.11. The van der Waals surface area contributed by atoms with Crippen molar-refractivity contribution in [3.8, 4) is 5.88 Å². The summed E-state index contributed by atoms with van der Waals surface area (Å²) in [5.74, 6) is 0.260. The van der Waals surface area contributed by atoms with Gasteiger partial charge >= 0.3 is 5.69 Å². The molecule has 0 aliphatic rings. The molecule has 0 saturated heterocycles. The van der Waals surface area contributed by atoms with Crippen LogP contribution < -0.4 is 16.0 Å². The molecule has 0 bridgehead atoms. The van der Waals surface area contributed by atoms with E-state index in [-0.39, 0.29) is 17.0 Å². The standard InChI is InChI=1S/C9H10N4O3/c1-12-7-6(8(14)13(2)9(12)15)10-4-5(11-7)16-3/h4H,1-3H3. The van der Waals surface area contributed by atoms with E-state index in [4.69, 9.17) is 4.74 Å². The van der Waals surface area contributed by atoms with Gasteiger partial charge in [0.15, 0.2) is 11.2 Å². The van der Waals surface area contributed by atoms with Gasteiger partial charge in [-0.1, -0.05) is 0 Å². The Morgan fingerprint density at radius 1 is 1.25 bits per heavy atom. The minimum Gasteiger partial charge on any atom is -0.480 e. The Morgan fingerprint density at radius 3 is 2.56 bits per heavy atom. The maximum absolute atomic E-state index is 11.7. The molecular formula is C9H10N4O3. The number of fused-ring (bicyclic) bond motifs is 1. The maximum Gasteiger partial charge on any atom is 0.332 e. The molecule has 0 N–H and O–H groups in total. The van der Waals surface area contributed by atoms with Crippen LogP contribution in [0.4, 0.5) is 0 Å². The van der Waals surface area contributed by atoms with Crippen LogP contribution in [0.15, 0.2) is 15.8 Å². The first-order valence-corrected chi connectivity index (χ1v) is 4.53. The van der Waals surface area contributed by atoms with Gasteiger partial charge in [-0.15, -0.1) is 0 Å². The van der Waals surface area contributed by atoms with Gasteiger partial charge in [0.25, 0.3) is 5.56 Å². The number of rotatable bonds is 1. The molecule has 2 rings (SSSR count). The molecule has 0 spiro atoms. The highest BCUT2D eigenvalue weighted by Crippen LogP contribution is 2.07. The lowest BCUT2D eigenvalue weighted by Gasteiger charge is -2.06. The summed E-state index contributed by atoms with van der Waals surface area (Å²) in [4.78, 5) is 31.3. The third-order valence-electron chi connectivity index (χ3n) is 2.34. The summed E-state index contributed by atoms with van der Waals surface area (Å²) in [6, 6.07) is 0. The van der Waals surface area contributed by atoms with Crippen molar-refractivity contribution < 1.29 is 4.74 Å². The van der Waals surface area contributed by atoms with Crippen LogP contribution in [0.25, 0.3) is 11.2 Å². The van der Waals surface area contributed by atoms with E-state index < -0.39 is 11.2 Å². The smallest absolute Gasteiger partial charge is 0.332 e. The lowest BCUT2D eigenvalue weighted by molar-refractivity contribution is 0.396. The second kappa shape index (κ2) is 3.44. The van der Waals surface area contributed by atoms with Crippen molar-refractivity contribution in [1.82, 2.24) is 19.1 Å². The molecule has 0 aliphatic heterocycles. The van der Waals surface area contributed by atoms with Crippen molar-refractivity contribution in [2.75, 3.05) is 7.11 Å². The molecule has 0 saturated carbocycles. The Hall–Kier alpha value is -2.18. The molecule has 2 aromatic rings. The third-order valence-corrected chi connectivity index (χ3v) is 2.34. The first kappa shape index (κ1) is 10.3. The molecule has 0 fully saturated rings. The molecule has 7 nitrogen and oxygen atoms in total. The Morgan fingerprint density at radius 2 is 1.94 bits per heavy atom. The first-order valence-electron chi connectivity index (χ1n) is 4.53. The summed E-state index contributed by atoms with van der Waals surface area (Å²) in [7, 11) is 4.36. The Bertz CT molecular complexity index is 671. The summed E-state index contributed by atoms with van der Waals surface area (Å²) in [6.45, 7) is 0. The van der Waals surface area contributed by atoms with Gasteiger partial charge in [-0.3, -0.25) is 13.9 Å². The van der Waals surface area contributed by atoms with Crippen molar-refractivity contribution in [1.29, 1.82) is 0 Å². The first-order chi connectivity index (χ1) is 7.56. The monoisotopic (exact) mass is 222 g/mol. The molecule has 7 heteroatoms. The van der Waals surface area contributed by atoms with E-state index in [2.05, 4.69) is 9.97 Å². The van der Waals surface area contributed by atoms with E-state index in [1.54, 1.807) is 0 Å². The summed E-state index contributed by atoms with van der Waals surface area (Å²) in [5.41, 5.74) is -0.550. The van der Waals surface area contributed by atoms with E-state index >= 15 is 0 Å². The molecule has 16 heavy (non-hydrogen) atoms. The zero-order valence-electron chi connectivity index (χ0n) is 9.09. The zero-order valence-corrected chi connectivity index (χ0v) is 9.09. The van der Waals surface area contributed by atoms with Crippen LogP contribution >= 0.6 is 0 Å². The van der Waals surface area contributed by atoms with Gasteiger partial charge in [-0.2, -0.15) is 4.98 Å². The number of nitrogens with zero attached hydrogens (tertiary/aromatic N) is 4. The molecule has 0 unspecified atom stereocenters. The maximum atomic E-state index is 11.7. The van der Waals surface area contributed by atoms with Crippen molar-refractivity contribution in [3.63, 3.8) is 0 Å². The number of hydrogen-bond donors (Lipinski definition) is 0. The average molecular weight is 222 g/mol. The van der Waals surface area contributed by atoms with Gasteiger partial charge in [-0.05, 0) is 0 Å². The third kappa shape index (κ3) is 1.28. The predicted molar refractivity (Wildman–Crippen MR) is 56.6 cm³/mol. The van der Waals surface area contributed by atoms with E-state index in [1.165, 1.54) is 32.0 Å². The molecular weight excluding hydrogens is 212 g/mol. The Kier molecular flexibility index (Phi) is 2.22. The molecule has 84 valence electrons. The van der Waals surface area contributed by atoms with E-state index in [0.29, 0.717) is 0 Å². The van der Waals surface area contributed by atoms with E-state index in [9.17, 15) is 9.59 Å². The van der Waals surface area contributed by atoms with Crippen LogP contribution in [0, 0.1) is 0 Å². The fourth-order valence-corrected chi connectivity index (χ4v) is 1.41. The molecule has 2 heterocycles. The molecule has 0 atom stereocenters. The highest BCUT2D eigenvalue weighted by molar-refractivity contribution is 5.68. The second-order valence-electron chi connectivity index (χ2n) is 3.29. The fourth-order valence-electron chi connectivity index (χ4n) is 1.41. The minimum atomic E-state index is -0.465. The van der Waals surface area contributed by atoms with Crippen LogP contribution in [0.2, 0.25) is 0 Å². The average Bonchev–Trinajstić information content (AvgIpc) is 2.33. The number of ether oxygens (including phenoxy) is 1. The van der Waals surface area contributed by atoms with Crippen LogP contribution in [-0.4, -0.2) is 26.2 Å². The van der Waals surface area contributed by atoms with Crippen molar-refractivity contribution in [2.45, 2.75) is 0 Å². The minimum absolute atomic E-state index is 0.144. The largest absolute Gasteiger partial charge is 0.480 e. The summed E-state index contributed by atoms with van der Waals surface area (Å²) >= 11 is 0. The van der Waals surface area contributed by atoms with Crippen molar-refractivity contribution in [2.24, 2.45) is 14.1 Å². The van der Waals surface area contributed by atoms with Gasteiger partial charge in [0.1, 0.15) is 0 Å². The highest BCUT2D eigenvalue weighted by atomic mass is 16.5. The summed E-state index contributed by atoms with van der Waals surface area (Å²) < 4.78 is 7.14. The fraction of sp³-hybridized carbons (Fsp3) is 0.333. The van der Waals surface area contributed by atoms with Gasteiger partial charge in [0.2, 0.25) is 5.88 Å². The number of aryl methyl sites for hydroxylation is 1. The normalized spacial score (nSPS) is 10.7. The van der Waals surface area contributed by atoms with Gasteiger partial charge in [-0.25, -0.2) is 9.78 Å². The van der Waals surface area contributed by atoms with E-state index in [0.717, 1.165) is 4.57 Å². The van der Waals surface area contributed by atoms with Crippen molar-refractivity contribution in [3.05, 3.63) is 27.0 Å².